The Labute approximate surface area is 89.9 Å². The van der Waals surface area contributed by atoms with Crippen molar-refractivity contribution in [3.05, 3.63) is 0 Å². The van der Waals surface area contributed by atoms with Crippen molar-refractivity contribution in [2.24, 2.45) is 17.3 Å². The highest BCUT2D eigenvalue weighted by atomic mass is 16.6. The highest BCUT2D eigenvalue weighted by molar-refractivity contribution is 6.04. The molecule has 0 aromatic carbocycles. The minimum atomic E-state index is -1.13. The predicted octanol–water partition coefficient (Wildman–Crippen LogP) is -0.444. The van der Waals surface area contributed by atoms with Gasteiger partial charge in [-0.25, -0.2) is 0 Å². The Hall–Kier alpha value is -1.72. The van der Waals surface area contributed by atoms with E-state index in [0.29, 0.717) is 0 Å². The minimum absolute atomic E-state index is 0.187. The van der Waals surface area contributed by atoms with E-state index in [2.05, 4.69) is 9.47 Å². The first-order valence-corrected chi connectivity index (χ1v) is 5.03. The average molecular weight is 224 g/mol. The summed E-state index contributed by atoms with van der Waals surface area (Å²) in [6, 6.07) is 0. The summed E-state index contributed by atoms with van der Waals surface area (Å²) in [5, 5.41) is 0. The van der Waals surface area contributed by atoms with Crippen molar-refractivity contribution in [2.75, 3.05) is 0 Å². The summed E-state index contributed by atoms with van der Waals surface area (Å²) in [5.41, 5.74) is -1.13. The van der Waals surface area contributed by atoms with E-state index in [0.717, 1.165) is 0 Å². The molecule has 2 heterocycles. The summed E-state index contributed by atoms with van der Waals surface area (Å²) in [6.45, 7) is 0. The zero-order valence-corrected chi connectivity index (χ0v) is 8.23. The molecule has 2 aliphatic heterocycles. The number of cyclic esters (lactones) is 4. The Balaban J connectivity index is 2.09. The van der Waals surface area contributed by atoms with E-state index in [-0.39, 0.29) is 19.3 Å². The molecule has 1 spiro atoms. The topological polar surface area (TPSA) is 86.7 Å². The third-order valence-electron chi connectivity index (χ3n) is 3.69. The van der Waals surface area contributed by atoms with Crippen LogP contribution in [0.2, 0.25) is 0 Å². The molecular weight excluding hydrogens is 216 g/mol. The van der Waals surface area contributed by atoms with Gasteiger partial charge in [0.1, 0.15) is 0 Å². The SMILES string of the molecule is O=C1CC23CC(CC2C(=O)OC3=O)C(=O)O1. The van der Waals surface area contributed by atoms with Crippen LogP contribution >= 0.6 is 0 Å². The van der Waals surface area contributed by atoms with E-state index < -0.39 is 41.1 Å². The van der Waals surface area contributed by atoms with Crippen LogP contribution < -0.4 is 0 Å². The van der Waals surface area contributed by atoms with Gasteiger partial charge in [0.15, 0.2) is 0 Å². The van der Waals surface area contributed by atoms with Gasteiger partial charge < -0.3 is 9.47 Å². The van der Waals surface area contributed by atoms with Crippen LogP contribution in [0.3, 0.4) is 0 Å². The van der Waals surface area contributed by atoms with Gasteiger partial charge in [0, 0.05) is 0 Å². The molecule has 0 N–H and O–H groups in total. The second-order valence-electron chi connectivity index (χ2n) is 4.52. The van der Waals surface area contributed by atoms with Gasteiger partial charge in [-0.15, -0.1) is 0 Å². The summed E-state index contributed by atoms with van der Waals surface area (Å²) in [7, 11) is 0. The Bertz CT molecular complexity index is 433. The molecule has 6 nitrogen and oxygen atoms in total. The van der Waals surface area contributed by atoms with Crippen LogP contribution in [0.4, 0.5) is 0 Å². The van der Waals surface area contributed by atoms with Gasteiger partial charge in [-0.3, -0.25) is 19.2 Å². The summed E-state index contributed by atoms with van der Waals surface area (Å²) in [4.78, 5) is 45.8. The van der Waals surface area contributed by atoms with Crippen molar-refractivity contribution in [1.29, 1.82) is 0 Å². The molecule has 3 unspecified atom stereocenters. The molecule has 0 aromatic rings. The smallest absolute Gasteiger partial charge is 0.321 e. The van der Waals surface area contributed by atoms with E-state index in [1.165, 1.54) is 0 Å². The Morgan fingerprint density at radius 1 is 1.06 bits per heavy atom. The lowest BCUT2D eigenvalue weighted by Gasteiger charge is -2.19. The van der Waals surface area contributed by atoms with E-state index in [1.807, 2.05) is 0 Å². The lowest BCUT2D eigenvalue weighted by Crippen LogP contribution is -2.32. The Morgan fingerprint density at radius 2 is 1.81 bits per heavy atom. The van der Waals surface area contributed by atoms with Gasteiger partial charge in [-0.2, -0.15) is 0 Å². The summed E-state index contributed by atoms with van der Waals surface area (Å²) in [5.74, 6) is -3.86. The number of carbonyl (C=O) groups excluding carboxylic acids is 4. The zero-order chi connectivity index (χ0) is 11.5. The lowest BCUT2D eigenvalue weighted by molar-refractivity contribution is -0.163. The van der Waals surface area contributed by atoms with Gasteiger partial charge in [-0.1, -0.05) is 0 Å². The number of esters is 4. The fourth-order valence-corrected chi connectivity index (χ4v) is 2.92. The third kappa shape index (κ3) is 0.963. The maximum absolute atomic E-state index is 11.6. The Kier molecular flexibility index (Phi) is 1.60. The van der Waals surface area contributed by atoms with Crippen LogP contribution in [0.25, 0.3) is 0 Å². The number of ether oxygens (including phenoxy) is 2. The molecule has 3 aliphatic rings. The van der Waals surface area contributed by atoms with Gasteiger partial charge in [0.2, 0.25) is 0 Å². The average Bonchev–Trinajstić information content (AvgIpc) is 2.60. The number of carbonyl (C=O) groups is 4. The fourth-order valence-electron chi connectivity index (χ4n) is 2.92. The summed E-state index contributed by atoms with van der Waals surface area (Å²) >= 11 is 0. The molecule has 1 saturated carbocycles. The normalized spacial score (nSPS) is 41.5. The molecule has 2 saturated heterocycles. The monoisotopic (exact) mass is 224 g/mol. The molecule has 84 valence electrons. The fraction of sp³-hybridized carbons (Fsp3) is 0.600. The molecule has 0 amide bonds. The van der Waals surface area contributed by atoms with Crippen molar-refractivity contribution in [1.82, 2.24) is 0 Å². The second-order valence-corrected chi connectivity index (χ2v) is 4.52. The maximum atomic E-state index is 11.6. The van der Waals surface area contributed by atoms with Crippen molar-refractivity contribution < 1.29 is 28.7 Å². The first kappa shape index (κ1) is 9.50. The molecule has 0 radical (unpaired) electrons. The van der Waals surface area contributed by atoms with Crippen molar-refractivity contribution >= 4 is 23.9 Å². The predicted molar refractivity (Wildman–Crippen MR) is 45.5 cm³/mol. The molecule has 16 heavy (non-hydrogen) atoms. The quantitative estimate of drug-likeness (QED) is 0.409. The van der Waals surface area contributed by atoms with E-state index in [4.69, 9.17) is 0 Å². The van der Waals surface area contributed by atoms with Crippen LogP contribution in [0.15, 0.2) is 0 Å². The van der Waals surface area contributed by atoms with Crippen molar-refractivity contribution in [3.8, 4) is 0 Å². The van der Waals surface area contributed by atoms with E-state index >= 15 is 0 Å². The molecule has 1 aliphatic carbocycles. The largest absolute Gasteiger partial charge is 0.393 e. The zero-order valence-electron chi connectivity index (χ0n) is 8.23. The van der Waals surface area contributed by atoms with Crippen molar-refractivity contribution in [2.45, 2.75) is 19.3 Å². The lowest BCUT2D eigenvalue weighted by atomic mass is 9.77. The number of hydrogen-bond donors (Lipinski definition) is 0. The molecule has 6 heteroatoms. The van der Waals surface area contributed by atoms with Gasteiger partial charge in [0.25, 0.3) is 0 Å². The minimum Gasteiger partial charge on any atom is -0.393 e. The third-order valence-corrected chi connectivity index (χ3v) is 3.69. The van der Waals surface area contributed by atoms with Crippen LogP contribution in [0.5, 0.6) is 0 Å². The van der Waals surface area contributed by atoms with Gasteiger partial charge >= 0.3 is 23.9 Å². The highest BCUT2D eigenvalue weighted by Gasteiger charge is 2.66. The van der Waals surface area contributed by atoms with Crippen LogP contribution in [0.1, 0.15) is 19.3 Å². The number of fused-ring (bicyclic) bond motifs is 1. The van der Waals surface area contributed by atoms with Crippen LogP contribution in [0, 0.1) is 17.3 Å². The maximum Gasteiger partial charge on any atom is 0.321 e. The standard InChI is InChI=1S/C10H8O6/c11-6-3-10-2-4(7(12)15-6)1-5(10)8(13)16-9(10)14/h4-5H,1-3H2. The van der Waals surface area contributed by atoms with Crippen molar-refractivity contribution in [3.63, 3.8) is 0 Å². The Morgan fingerprint density at radius 3 is 2.56 bits per heavy atom. The van der Waals surface area contributed by atoms with Crippen LogP contribution in [-0.4, -0.2) is 23.9 Å². The van der Waals surface area contributed by atoms with Crippen LogP contribution in [-0.2, 0) is 28.7 Å². The summed E-state index contributed by atoms with van der Waals surface area (Å²) < 4.78 is 9.08. The highest BCUT2D eigenvalue weighted by Crippen LogP contribution is 2.55. The van der Waals surface area contributed by atoms with Gasteiger partial charge in [0.05, 0.1) is 23.7 Å². The van der Waals surface area contributed by atoms with E-state index in [1.54, 1.807) is 0 Å². The number of rotatable bonds is 0. The molecule has 3 rings (SSSR count). The number of hydrogen-bond acceptors (Lipinski definition) is 6. The molecule has 3 fully saturated rings. The first-order valence-electron chi connectivity index (χ1n) is 5.03. The van der Waals surface area contributed by atoms with Gasteiger partial charge in [-0.05, 0) is 12.8 Å². The molecule has 0 aromatic heterocycles. The summed E-state index contributed by atoms with van der Waals surface area (Å²) in [6.07, 6.45) is 0.202. The second kappa shape index (κ2) is 2.69. The first-order chi connectivity index (χ1) is 7.53. The molecule has 3 atom stereocenters. The molecule has 2 bridgehead atoms. The molecular formula is C10H8O6. The van der Waals surface area contributed by atoms with E-state index in [9.17, 15) is 19.2 Å².